The van der Waals surface area contributed by atoms with E-state index in [4.69, 9.17) is 9.97 Å². The number of hydrogen-bond acceptors (Lipinski definition) is 8. The van der Waals surface area contributed by atoms with E-state index in [0.29, 0.717) is 23.1 Å². The van der Waals surface area contributed by atoms with Crippen molar-refractivity contribution in [3.63, 3.8) is 0 Å². The molecule has 1 saturated heterocycles. The third kappa shape index (κ3) is 6.43. The van der Waals surface area contributed by atoms with Crippen LogP contribution in [0.15, 0.2) is 24.4 Å². The standard InChI is InChI=1S/C29H38F2N8O2/c30-18-3-10-24(23(31)15-18)36-29-37-25-16-33-28(35-19-4-8-22(40)9-5-19)38-26(25)39(29)21-6-1-17(2-7-21)27(41)34-20-11-13-32-14-12-20/h3,10,15-17,19-22,32,40H,1-2,4-9,11-14H2,(H,34,41)(H,36,37)(H,33,35,38)/t17-,19-,21+,22-. The summed E-state index contributed by atoms with van der Waals surface area (Å²) in [6.07, 6.45) is 9.39. The van der Waals surface area contributed by atoms with E-state index in [1.54, 1.807) is 6.20 Å². The molecule has 220 valence electrons. The maximum absolute atomic E-state index is 14.6. The minimum absolute atomic E-state index is 0.0125. The van der Waals surface area contributed by atoms with Crippen molar-refractivity contribution in [1.29, 1.82) is 0 Å². The molecule has 0 spiro atoms. The fraction of sp³-hybridized carbons (Fsp3) is 0.586. The Morgan fingerprint density at radius 1 is 0.951 bits per heavy atom. The van der Waals surface area contributed by atoms with Crippen LogP contribution < -0.4 is 21.3 Å². The van der Waals surface area contributed by atoms with E-state index in [1.807, 2.05) is 4.57 Å². The van der Waals surface area contributed by atoms with Crippen LogP contribution in [0.4, 0.5) is 26.4 Å². The lowest BCUT2D eigenvalue weighted by atomic mass is 9.85. The fourth-order valence-electron chi connectivity index (χ4n) is 6.39. The number of aliphatic hydroxyl groups excluding tert-OH is 1. The summed E-state index contributed by atoms with van der Waals surface area (Å²) in [6.45, 7) is 1.86. The molecule has 1 aliphatic heterocycles. The van der Waals surface area contributed by atoms with Crippen molar-refractivity contribution in [1.82, 2.24) is 30.2 Å². The summed E-state index contributed by atoms with van der Waals surface area (Å²) in [6, 6.07) is 3.79. The first-order chi connectivity index (χ1) is 19.9. The lowest BCUT2D eigenvalue weighted by Gasteiger charge is -2.31. The highest BCUT2D eigenvalue weighted by Crippen LogP contribution is 2.37. The summed E-state index contributed by atoms with van der Waals surface area (Å²) in [5, 5.41) is 22.9. The average molecular weight is 569 g/mol. The smallest absolute Gasteiger partial charge is 0.224 e. The number of rotatable bonds is 7. The monoisotopic (exact) mass is 568 g/mol. The molecule has 2 saturated carbocycles. The molecule has 41 heavy (non-hydrogen) atoms. The third-order valence-corrected chi connectivity index (χ3v) is 8.76. The molecule has 2 aliphatic carbocycles. The van der Waals surface area contributed by atoms with Gasteiger partial charge in [0.15, 0.2) is 5.65 Å². The number of nitrogens with one attached hydrogen (secondary N) is 4. The van der Waals surface area contributed by atoms with E-state index in [1.165, 1.54) is 12.1 Å². The Labute approximate surface area is 237 Å². The molecular formula is C29H38F2N8O2. The van der Waals surface area contributed by atoms with Crippen molar-refractivity contribution in [2.45, 2.75) is 88.4 Å². The van der Waals surface area contributed by atoms with Gasteiger partial charge < -0.3 is 26.4 Å². The zero-order valence-corrected chi connectivity index (χ0v) is 23.1. The van der Waals surface area contributed by atoms with Gasteiger partial charge in [-0.2, -0.15) is 4.98 Å². The number of halogens is 2. The fourth-order valence-corrected chi connectivity index (χ4v) is 6.39. The summed E-state index contributed by atoms with van der Waals surface area (Å²) < 4.78 is 30.2. The number of imidazole rings is 1. The molecule has 3 heterocycles. The number of carbonyl (C=O) groups is 1. The first-order valence-corrected chi connectivity index (χ1v) is 14.9. The Kier molecular flexibility index (Phi) is 8.29. The molecule has 3 fully saturated rings. The van der Waals surface area contributed by atoms with Crippen LogP contribution in [0.5, 0.6) is 0 Å². The van der Waals surface area contributed by atoms with Crippen LogP contribution in [-0.2, 0) is 4.79 Å². The molecule has 0 atom stereocenters. The third-order valence-electron chi connectivity index (χ3n) is 8.76. The van der Waals surface area contributed by atoms with Crippen LogP contribution in [0.2, 0.25) is 0 Å². The van der Waals surface area contributed by atoms with Gasteiger partial charge in [0.2, 0.25) is 17.8 Å². The van der Waals surface area contributed by atoms with Gasteiger partial charge in [-0.1, -0.05) is 0 Å². The maximum Gasteiger partial charge on any atom is 0.224 e. The van der Waals surface area contributed by atoms with Crippen LogP contribution in [0, 0.1) is 17.6 Å². The molecule has 0 unspecified atom stereocenters. The Morgan fingerprint density at radius 2 is 1.71 bits per heavy atom. The van der Waals surface area contributed by atoms with Crippen LogP contribution in [0.3, 0.4) is 0 Å². The molecular weight excluding hydrogens is 530 g/mol. The van der Waals surface area contributed by atoms with Gasteiger partial charge in [0, 0.05) is 30.1 Å². The molecule has 0 radical (unpaired) electrons. The van der Waals surface area contributed by atoms with Gasteiger partial charge in [-0.25, -0.2) is 18.7 Å². The zero-order valence-electron chi connectivity index (χ0n) is 23.1. The SMILES string of the molecule is O=C(NC1CCNCC1)[C@H]1CC[C@@H](n2c(Nc3ccc(F)cc3F)nc3cnc(N[C@H]4CC[C@H](O)CC4)nc32)CC1. The van der Waals surface area contributed by atoms with Crippen LogP contribution >= 0.6 is 0 Å². The number of carbonyl (C=O) groups excluding carboxylic acids is 1. The van der Waals surface area contributed by atoms with E-state index >= 15 is 0 Å². The van der Waals surface area contributed by atoms with Gasteiger partial charge in [0.25, 0.3) is 0 Å². The Morgan fingerprint density at radius 3 is 2.44 bits per heavy atom. The number of fused-ring (bicyclic) bond motifs is 1. The lowest BCUT2D eigenvalue weighted by Crippen LogP contribution is -2.45. The highest BCUT2D eigenvalue weighted by molar-refractivity contribution is 5.79. The first kappa shape index (κ1) is 27.8. The van der Waals surface area contributed by atoms with Crippen molar-refractivity contribution >= 4 is 34.7 Å². The van der Waals surface area contributed by atoms with Crippen LogP contribution in [-0.4, -0.2) is 61.8 Å². The van der Waals surface area contributed by atoms with E-state index in [2.05, 4.69) is 26.3 Å². The molecule has 2 aromatic heterocycles. The largest absolute Gasteiger partial charge is 0.393 e. The average Bonchev–Trinajstić information content (AvgIpc) is 3.33. The second-order valence-corrected chi connectivity index (χ2v) is 11.6. The molecule has 6 rings (SSSR count). The quantitative estimate of drug-likeness (QED) is 0.287. The van der Waals surface area contributed by atoms with E-state index in [9.17, 15) is 18.7 Å². The van der Waals surface area contributed by atoms with Crippen molar-refractivity contribution in [2.24, 2.45) is 5.92 Å². The second kappa shape index (κ2) is 12.2. The highest BCUT2D eigenvalue weighted by atomic mass is 19.1. The van der Waals surface area contributed by atoms with Crippen LogP contribution in [0.1, 0.15) is 70.3 Å². The topological polar surface area (TPSA) is 129 Å². The minimum Gasteiger partial charge on any atom is -0.393 e. The molecule has 1 amide bonds. The number of nitrogens with zero attached hydrogens (tertiary/aromatic N) is 4. The summed E-state index contributed by atoms with van der Waals surface area (Å²) in [5.74, 6) is -0.399. The second-order valence-electron chi connectivity index (χ2n) is 11.6. The molecule has 5 N–H and O–H groups in total. The van der Waals surface area contributed by atoms with Gasteiger partial charge in [0.05, 0.1) is 18.0 Å². The van der Waals surface area contributed by atoms with Gasteiger partial charge in [-0.15, -0.1) is 0 Å². The zero-order chi connectivity index (χ0) is 28.3. The lowest BCUT2D eigenvalue weighted by molar-refractivity contribution is -0.127. The van der Waals surface area contributed by atoms with Crippen molar-refractivity contribution in [3.8, 4) is 0 Å². The van der Waals surface area contributed by atoms with E-state index in [-0.39, 0.29) is 41.7 Å². The van der Waals surface area contributed by atoms with Gasteiger partial charge in [0.1, 0.15) is 17.2 Å². The molecule has 3 aliphatic rings. The van der Waals surface area contributed by atoms with Crippen molar-refractivity contribution in [2.75, 3.05) is 23.7 Å². The van der Waals surface area contributed by atoms with Crippen molar-refractivity contribution in [3.05, 3.63) is 36.0 Å². The normalized spacial score (nSPS) is 25.6. The number of piperidine rings is 1. The molecule has 12 heteroatoms. The van der Waals surface area contributed by atoms with Crippen LogP contribution in [0.25, 0.3) is 11.2 Å². The number of hydrogen-bond donors (Lipinski definition) is 5. The number of aliphatic hydroxyl groups is 1. The summed E-state index contributed by atoms with van der Waals surface area (Å²) in [5.41, 5.74) is 1.29. The van der Waals surface area contributed by atoms with Gasteiger partial charge in [-0.3, -0.25) is 9.36 Å². The molecule has 3 aromatic rings. The molecule has 1 aromatic carbocycles. The number of benzene rings is 1. The Balaban J connectivity index is 1.24. The maximum atomic E-state index is 14.6. The molecule has 10 nitrogen and oxygen atoms in total. The number of aromatic nitrogens is 4. The van der Waals surface area contributed by atoms with E-state index < -0.39 is 11.6 Å². The number of anilines is 3. The summed E-state index contributed by atoms with van der Waals surface area (Å²) in [4.78, 5) is 27.0. The van der Waals surface area contributed by atoms with E-state index in [0.717, 1.165) is 83.4 Å². The Hall–Kier alpha value is -3.38. The van der Waals surface area contributed by atoms with Gasteiger partial charge in [-0.05, 0) is 89.4 Å². The van der Waals surface area contributed by atoms with Gasteiger partial charge >= 0.3 is 0 Å². The Bertz CT molecular complexity index is 1360. The van der Waals surface area contributed by atoms with Crippen molar-refractivity contribution < 1.29 is 18.7 Å². The highest BCUT2D eigenvalue weighted by Gasteiger charge is 2.31. The minimum atomic E-state index is -0.713. The number of amides is 1. The predicted molar refractivity (Wildman–Crippen MR) is 152 cm³/mol. The molecule has 0 bridgehead atoms. The predicted octanol–water partition coefficient (Wildman–Crippen LogP) is 4.16. The summed E-state index contributed by atoms with van der Waals surface area (Å²) >= 11 is 0. The summed E-state index contributed by atoms with van der Waals surface area (Å²) in [7, 11) is 0. The first-order valence-electron chi connectivity index (χ1n) is 14.9.